The molecule has 1 aliphatic carbocycles. The summed E-state index contributed by atoms with van der Waals surface area (Å²) in [5, 5.41) is 19.5. The molecule has 178 valence electrons. The van der Waals surface area contributed by atoms with Crippen molar-refractivity contribution in [2.24, 2.45) is 0 Å². The van der Waals surface area contributed by atoms with E-state index >= 15 is 0 Å². The van der Waals surface area contributed by atoms with Crippen molar-refractivity contribution in [2.45, 2.75) is 44.3 Å². The second-order valence-corrected chi connectivity index (χ2v) is 9.60. The fourth-order valence-electron chi connectivity index (χ4n) is 4.49. The molecule has 1 saturated carbocycles. The molecule has 3 heterocycles. The molecule has 3 aromatic rings. The number of aromatic nitrogens is 3. The van der Waals surface area contributed by atoms with Gasteiger partial charge >= 0.3 is 0 Å². The number of pyridine rings is 1. The second-order valence-electron chi connectivity index (χ2n) is 8.54. The Morgan fingerprint density at radius 1 is 1.24 bits per heavy atom. The second kappa shape index (κ2) is 8.88. The van der Waals surface area contributed by atoms with E-state index in [-0.39, 0.29) is 46.2 Å². The van der Waals surface area contributed by atoms with Gasteiger partial charge in [-0.05, 0) is 30.9 Å². The van der Waals surface area contributed by atoms with Crippen LogP contribution in [-0.2, 0) is 17.7 Å². The Labute approximate surface area is 197 Å². The topological polar surface area (TPSA) is 97.5 Å². The number of amides is 1. The van der Waals surface area contributed by atoms with E-state index in [1.807, 2.05) is 0 Å². The lowest BCUT2D eigenvalue weighted by Gasteiger charge is -2.45. The summed E-state index contributed by atoms with van der Waals surface area (Å²) in [6.45, 7) is 0.689. The molecule has 1 unspecified atom stereocenters. The van der Waals surface area contributed by atoms with Crippen molar-refractivity contribution in [3.8, 4) is 16.3 Å². The lowest BCUT2D eigenvalue weighted by Crippen LogP contribution is -2.57. The van der Waals surface area contributed by atoms with E-state index < -0.39 is 22.8 Å². The van der Waals surface area contributed by atoms with Gasteiger partial charge in [0.1, 0.15) is 16.6 Å². The van der Waals surface area contributed by atoms with Crippen LogP contribution in [0.1, 0.15) is 40.3 Å². The molecule has 2 aliphatic rings. The van der Waals surface area contributed by atoms with Crippen molar-refractivity contribution >= 4 is 17.2 Å². The number of carbonyl (C=O) groups is 1. The first-order chi connectivity index (χ1) is 16.4. The lowest BCUT2D eigenvalue weighted by molar-refractivity contribution is 0.0113. The van der Waals surface area contributed by atoms with E-state index in [0.717, 1.165) is 42.7 Å². The highest BCUT2D eigenvalue weighted by Crippen LogP contribution is 2.34. The van der Waals surface area contributed by atoms with Crippen LogP contribution in [0, 0.1) is 11.6 Å². The Balaban J connectivity index is 1.49. The zero-order chi connectivity index (χ0) is 24.0. The largest absolute Gasteiger partial charge is 0.503 e. The molecule has 8 nitrogen and oxygen atoms in total. The van der Waals surface area contributed by atoms with Crippen LogP contribution in [0.5, 0.6) is 5.75 Å². The highest BCUT2D eigenvalue weighted by molar-refractivity contribution is 7.14. The zero-order valence-corrected chi connectivity index (χ0v) is 19.1. The standard InChI is InChI=1S/C23H22F2N4O4S/c1-33-11-15-9-28-10-16(20(30)21(31)19(28)23(32)29(15)14-3-2-4-14)22-27-26-18(34-22)7-12-5-6-13(24)8-17(12)25/h5-6,8,10,14-15,31H,2-4,7,9,11H2,1H3. The highest BCUT2D eigenvalue weighted by Gasteiger charge is 2.41. The summed E-state index contributed by atoms with van der Waals surface area (Å²) in [7, 11) is 1.57. The Morgan fingerprint density at radius 2 is 2.03 bits per heavy atom. The quantitative estimate of drug-likeness (QED) is 0.573. The first kappa shape index (κ1) is 22.6. The van der Waals surface area contributed by atoms with Crippen molar-refractivity contribution in [1.29, 1.82) is 0 Å². The minimum Gasteiger partial charge on any atom is -0.503 e. The molecule has 1 amide bonds. The number of carbonyl (C=O) groups excluding carboxylic acids is 1. The number of hydrogen-bond acceptors (Lipinski definition) is 7. The molecule has 1 atom stereocenters. The van der Waals surface area contributed by atoms with E-state index in [0.29, 0.717) is 18.2 Å². The monoisotopic (exact) mass is 488 g/mol. The first-order valence-corrected chi connectivity index (χ1v) is 11.7. The Kier molecular flexibility index (Phi) is 5.90. The van der Waals surface area contributed by atoms with E-state index in [4.69, 9.17) is 4.74 Å². The van der Waals surface area contributed by atoms with Gasteiger partial charge in [0.2, 0.25) is 5.43 Å². The number of rotatable bonds is 6. The van der Waals surface area contributed by atoms with Crippen LogP contribution in [0.2, 0.25) is 0 Å². The van der Waals surface area contributed by atoms with E-state index in [2.05, 4.69) is 10.2 Å². The molecule has 0 bridgehead atoms. The zero-order valence-electron chi connectivity index (χ0n) is 18.3. The summed E-state index contributed by atoms with van der Waals surface area (Å²) in [4.78, 5) is 28.0. The molecule has 0 radical (unpaired) electrons. The van der Waals surface area contributed by atoms with Gasteiger partial charge in [0.25, 0.3) is 5.91 Å². The molecule has 5 rings (SSSR count). The smallest absolute Gasteiger partial charge is 0.275 e. The molecule has 0 spiro atoms. The number of hydrogen-bond donors (Lipinski definition) is 1. The average molecular weight is 489 g/mol. The van der Waals surface area contributed by atoms with Crippen molar-refractivity contribution in [3.05, 3.63) is 62.5 Å². The molecular formula is C23H22F2N4O4S. The van der Waals surface area contributed by atoms with Gasteiger partial charge in [-0.25, -0.2) is 8.78 Å². The van der Waals surface area contributed by atoms with Gasteiger partial charge in [-0.1, -0.05) is 17.4 Å². The number of aromatic hydroxyl groups is 1. The van der Waals surface area contributed by atoms with E-state index in [9.17, 15) is 23.5 Å². The fourth-order valence-corrected chi connectivity index (χ4v) is 5.36. The maximum absolute atomic E-state index is 14.0. The number of nitrogens with zero attached hydrogens (tertiary/aromatic N) is 4. The summed E-state index contributed by atoms with van der Waals surface area (Å²) in [6.07, 6.45) is 4.40. The predicted molar refractivity (Wildman–Crippen MR) is 120 cm³/mol. The molecule has 1 fully saturated rings. The maximum atomic E-state index is 14.0. The van der Waals surface area contributed by atoms with Crippen molar-refractivity contribution < 1.29 is 23.4 Å². The van der Waals surface area contributed by atoms with Gasteiger partial charge in [-0.15, -0.1) is 10.2 Å². The molecule has 1 aromatic carbocycles. The highest BCUT2D eigenvalue weighted by atomic mass is 32.1. The Morgan fingerprint density at radius 3 is 2.71 bits per heavy atom. The molecule has 34 heavy (non-hydrogen) atoms. The summed E-state index contributed by atoms with van der Waals surface area (Å²) in [6, 6.07) is 3.14. The van der Waals surface area contributed by atoms with Crippen LogP contribution < -0.4 is 5.43 Å². The maximum Gasteiger partial charge on any atom is 0.275 e. The summed E-state index contributed by atoms with van der Waals surface area (Å²) >= 11 is 1.07. The first-order valence-electron chi connectivity index (χ1n) is 10.9. The molecule has 11 heteroatoms. The van der Waals surface area contributed by atoms with Crippen molar-refractivity contribution in [3.63, 3.8) is 0 Å². The average Bonchev–Trinajstić information content (AvgIpc) is 3.22. The summed E-state index contributed by atoms with van der Waals surface area (Å²) < 4.78 is 34.1. The molecule has 0 saturated heterocycles. The Hall–Kier alpha value is -3.18. The SMILES string of the molecule is COCC1Cn2cc(-c3nnc(Cc4ccc(F)cc4F)s3)c(=O)c(O)c2C(=O)N1C1CCC1. The number of halogens is 2. The van der Waals surface area contributed by atoms with Crippen LogP contribution in [0.3, 0.4) is 0 Å². The Bertz CT molecular complexity index is 1320. The molecule has 2 aromatic heterocycles. The molecule has 1 aliphatic heterocycles. The van der Waals surface area contributed by atoms with Gasteiger partial charge < -0.3 is 19.3 Å². The fraction of sp³-hybridized carbons (Fsp3) is 0.391. The minimum atomic E-state index is -0.714. The number of benzene rings is 1. The summed E-state index contributed by atoms with van der Waals surface area (Å²) in [5.41, 5.74) is -0.399. The number of fused-ring (bicyclic) bond motifs is 1. The van der Waals surface area contributed by atoms with Gasteiger partial charge in [-0.3, -0.25) is 9.59 Å². The number of ether oxygens (including phenoxy) is 1. The normalized spacial score (nSPS) is 18.1. The third-order valence-electron chi connectivity index (χ3n) is 6.38. The van der Waals surface area contributed by atoms with Crippen LogP contribution in [0.4, 0.5) is 8.78 Å². The van der Waals surface area contributed by atoms with Gasteiger partial charge in [-0.2, -0.15) is 0 Å². The third kappa shape index (κ3) is 3.88. The lowest BCUT2D eigenvalue weighted by atomic mass is 9.89. The van der Waals surface area contributed by atoms with Gasteiger partial charge in [0.15, 0.2) is 16.5 Å². The van der Waals surface area contributed by atoms with Crippen LogP contribution in [0.25, 0.3) is 10.6 Å². The minimum absolute atomic E-state index is 0.0360. The van der Waals surface area contributed by atoms with E-state index in [1.165, 1.54) is 12.3 Å². The van der Waals surface area contributed by atoms with Crippen molar-refractivity contribution in [1.82, 2.24) is 19.7 Å². The van der Waals surface area contributed by atoms with Crippen molar-refractivity contribution in [2.75, 3.05) is 13.7 Å². The van der Waals surface area contributed by atoms with Crippen LogP contribution in [0.15, 0.2) is 29.2 Å². The van der Waals surface area contributed by atoms with E-state index in [1.54, 1.807) is 16.6 Å². The number of methoxy groups -OCH3 is 1. The predicted octanol–water partition coefficient (Wildman–Crippen LogP) is 2.96. The van der Waals surface area contributed by atoms with Gasteiger partial charge in [0, 0.05) is 38.4 Å². The third-order valence-corrected chi connectivity index (χ3v) is 7.33. The molecule has 1 N–H and O–H groups in total. The summed E-state index contributed by atoms with van der Waals surface area (Å²) in [5.74, 6) is -2.37. The van der Waals surface area contributed by atoms with Crippen LogP contribution >= 0.6 is 11.3 Å². The molecular weight excluding hydrogens is 466 g/mol. The van der Waals surface area contributed by atoms with Gasteiger partial charge in [0.05, 0.1) is 18.2 Å². The van der Waals surface area contributed by atoms with Crippen LogP contribution in [-0.4, -0.2) is 56.5 Å².